The summed E-state index contributed by atoms with van der Waals surface area (Å²) in [6.45, 7) is 5.50. The molecule has 0 aliphatic carbocycles. The maximum Gasteiger partial charge on any atom is 0.334 e. The molecule has 1 unspecified atom stereocenters. The standard InChI is InChI=1S/C20H27O5P/c1-3-24-26(21,25-4-2)18(15-20-22-12-13-23-20)14-17-10-7-9-16-8-5-6-11-19(16)17/h5-11,18,20H,3-4,12-15H2,1-2H3. The van der Waals surface area contributed by atoms with Crippen LogP contribution in [0, 0.1) is 0 Å². The van der Waals surface area contributed by atoms with E-state index in [4.69, 9.17) is 18.5 Å². The van der Waals surface area contributed by atoms with E-state index in [1.807, 2.05) is 32.0 Å². The van der Waals surface area contributed by atoms with Gasteiger partial charge in [0.15, 0.2) is 6.29 Å². The molecule has 26 heavy (non-hydrogen) atoms. The summed E-state index contributed by atoms with van der Waals surface area (Å²) in [4.78, 5) is 0. The molecule has 1 aliphatic rings. The van der Waals surface area contributed by atoms with E-state index in [9.17, 15) is 4.57 Å². The van der Waals surface area contributed by atoms with Crippen molar-refractivity contribution in [3.8, 4) is 0 Å². The van der Waals surface area contributed by atoms with Crippen LogP contribution in [0.3, 0.4) is 0 Å². The molecule has 1 heterocycles. The number of benzene rings is 2. The minimum Gasteiger partial charge on any atom is -0.350 e. The molecule has 0 spiro atoms. The average Bonchev–Trinajstić information content (AvgIpc) is 3.15. The van der Waals surface area contributed by atoms with Crippen LogP contribution in [0.5, 0.6) is 0 Å². The van der Waals surface area contributed by atoms with Crippen LogP contribution in [0.4, 0.5) is 0 Å². The molecular formula is C20H27O5P. The third-order valence-electron chi connectivity index (χ3n) is 4.56. The number of ether oxygens (including phenoxy) is 2. The Labute approximate surface area is 155 Å². The first-order chi connectivity index (χ1) is 12.7. The first kappa shape index (κ1) is 19.5. The molecule has 6 heteroatoms. The van der Waals surface area contributed by atoms with Gasteiger partial charge >= 0.3 is 7.60 Å². The van der Waals surface area contributed by atoms with Gasteiger partial charge < -0.3 is 18.5 Å². The van der Waals surface area contributed by atoms with Gasteiger partial charge in [-0.3, -0.25) is 4.57 Å². The zero-order valence-corrected chi connectivity index (χ0v) is 16.3. The molecule has 0 aromatic heterocycles. The monoisotopic (exact) mass is 378 g/mol. The molecule has 1 saturated heterocycles. The molecule has 0 amide bonds. The number of fused-ring (bicyclic) bond motifs is 1. The Kier molecular flexibility index (Phi) is 6.85. The third-order valence-corrected chi connectivity index (χ3v) is 7.08. The Hall–Kier alpha value is -1.23. The second kappa shape index (κ2) is 9.12. The highest BCUT2D eigenvalue weighted by atomic mass is 31.2. The largest absolute Gasteiger partial charge is 0.350 e. The van der Waals surface area contributed by atoms with E-state index < -0.39 is 7.60 Å². The van der Waals surface area contributed by atoms with Crippen molar-refractivity contribution in [1.82, 2.24) is 0 Å². The minimum absolute atomic E-state index is 0.323. The van der Waals surface area contributed by atoms with Gasteiger partial charge in [0.2, 0.25) is 0 Å². The first-order valence-electron chi connectivity index (χ1n) is 9.25. The quantitative estimate of drug-likeness (QED) is 0.588. The van der Waals surface area contributed by atoms with Gasteiger partial charge in [-0.25, -0.2) is 0 Å². The van der Waals surface area contributed by atoms with Crippen LogP contribution < -0.4 is 0 Å². The van der Waals surface area contributed by atoms with E-state index in [0.717, 1.165) is 10.9 Å². The number of hydrogen-bond acceptors (Lipinski definition) is 5. The fourth-order valence-corrected chi connectivity index (χ4v) is 5.49. The molecular weight excluding hydrogens is 351 g/mol. The Morgan fingerprint density at radius 3 is 2.38 bits per heavy atom. The van der Waals surface area contributed by atoms with Gasteiger partial charge in [0, 0.05) is 6.42 Å². The van der Waals surface area contributed by atoms with Crippen molar-refractivity contribution in [3.63, 3.8) is 0 Å². The van der Waals surface area contributed by atoms with Crippen molar-refractivity contribution in [3.05, 3.63) is 48.0 Å². The van der Waals surface area contributed by atoms with E-state index in [1.165, 1.54) is 5.39 Å². The Bertz CT molecular complexity index is 741. The maximum atomic E-state index is 13.5. The summed E-state index contributed by atoms with van der Waals surface area (Å²) in [5.74, 6) is 0. The lowest BCUT2D eigenvalue weighted by molar-refractivity contribution is -0.0483. The van der Waals surface area contributed by atoms with E-state index in [1.54, 1.807) is 0 Å². The van der Waals surface area contributed by atoms with Crippen molar-refractivity contribution in [2.24, 2.45) is 0 Å². The molecule has 1 atom stereocenters. The third kappa shape index (κ3) is 4.54. The Balaban J connectivity index is 1.92. The van der Waals surface area contributed by atoms with Crippen molar-refractivity contribution in [2.45, 2.75) is 38.6 Å². The second-order valence-corrected chi connectivity index (χ2v) is 8.60. The summed E-state index contributed by atoms with van der Waals surface area (Å²) in [6, 6.07) is 14.4. The van der Waals surface area contributed by atoms with Gasteiger partial charge in [0.05, 0.1) is 32.1 Å². The van der Waals surface area contributed by atoms with Gasteiger partial charge in [-0.05, 0) is 36.6 Å². The zero-order chi connectivity index (χ0) is 18.4. The molecule has 3 rings (SSSR count). The van der Waals surface area contributed by atoms with Crippen LogP contribution >= 0.6 is 7.60 Å². The van der Waals surface area contributed by atoms with E-state index in [0.29, 0.717) is 39.3 Å². The van der Waals surface area contributed by atoms with Gasteiger partial charge in [0.25, 0.3) is 0 Å². The SMILES string of the molecule is CCOP(=O)(OCC)C(Cc1cccc2ccccc12)CC1OCCO1. The van der Waals surface area contributed by atoms with Crippen LogP contribution in [0.15, 0.2) is 42.5 Å². The fraction of sp³-hybridized carbons (Fsp3) is 0.500. The minimum atomic E-state index is -3.29. The Morgan fingerprint density at radius 2 is 1.69 bits per heavy atom. The molecule has 0 radical (unpaired) electrons. The van der Waals surface area contributed by atoms with E-state index in [2.05, 4.69) is 24.3 Å². The highest BCUT2D eigenvalue weighted by molar-refractivity contribution is 7.54. The molecule has 1 fully saturated rings. The van der Waals surface area contributed by atoms with Crippen LogP contribution in [0.1, 0.15) is 25.8 Å². The second-order valence-electron chi connectivity index (χ2n) is 6.28. The van der Waals surface area contributed by atoms with E-state index in [-0.39, 0.29) is 11.9 Å². The lowest BCUT2D eigenvalue weighted by Crippen LogP contribution is -2.23. The molecule has 0 N–H and O–H groups in total. The summed E-state index contributed by atoms with van der Waals surface area (Å²) in [6.07, 6.45) is 0.715. The van der Waals surface area contributed by atoms with Crippen LogP contribution in [0.25, 0.3) is 10.8 Å². The van der Waals surface area contributed by atoms with Crippen LogP contribution in [-0.2, 0) is 29.5 Å². The van der Waals surface area contributed by atoms with Crippen molar-refractivity contribution in [1.29, 1.82) is 0 Å². The molecule has 2 aromatic carbocycles. The fourth-order valence-electron chi connectivity index (χ4n) is 3.42. The lowest BCUT2D eigenvalue weighted by Gasteiger charge is -2.28. The van der Waals surface area contributed by atoms with Gasteiger partial charge in [0.1, 0.15) is 0 Å². The smallest absolute Gasteiger partial charge is 0.334 e. The molecule has 1 aliphatic heterocycles. The van der Waals surface area contributed by atoms with Gasteiger partial charge in [-0.2, -0.15) is 0 Å². The molecule has 2 aromatic rings. The first-order valence-corrected chi connectivity index (χ1v) is 10.9. The molecule has 142 valence electrons. The van der Waals surface area contributed by atoms with E-state index >= 15 is 0 Å². The zero-order valence-electron chi connectivity index (χ0n) is 15.4. The molecule has 5 nitrogen and oxygen atoms in total. The normalized spacial score (nSPS) is 17.0. The van der Waals surface area contributed by atoms with Crippen LogP contribution in [-0.4, -0.2) is 38.4 Å². The van der Waals surface area contributed by atoms with Crippen molar-refractivity contribution < 1.29 is 23.1 Å². The topological polar surface area (TPSA) is 54.0 Å². The molecule has 0 saturated carbocycles. The summed E-state index contributed by atoms with van der Waals surface area (Å²) in [5.41, 5.74) is 0.807. The predicted molar refractivity (Wildman–Crippen MR) is 103 cm³/mol. The average molecular weight is 378 g/mol. The van der Waals surface area contributed by atoms with Gasteiger partial charge in [-0.1, -0.05) is 42.5 Å². The predicted octanol–water partition coefficient (Wildman–Crippen LogP) is 4.78. The van der Waals surface area contributed by atoms with Gasteiger partial charge in [-0.15, -0.1) is 0 Å². The summed E-state index contributed by atoms with van der Waals surface area (Å²) >= 11 is 0. The number of hydrogen-bond donors (Lipinski definition) is 0. The summed E-state index contributed by atoms with van der Waals surface area (Å²) in [5, 5.41) is 2.33. The summed E-state index contributed by atoms with van der Waals surface area (Å²) in [7, 11) is -3.29. The lowest BCUT2D eigenvalue weighted by atomic mass is 10.00. The maximum absolute atomic E-state index is 13.5. The summed E-state index contributed by atoms with van der Waals surface area (Å²) < 4.78 is 36.0. The number of rotatable bonds is 9. The molecule has 0 bridgehead atoms. The Morgan fingerprint density at radius 1 is 1.04 bits per heavy atom. The van der Waals surface area contributed by atoms with Crippen molar-refractivity contribution in [2.75, 3.05) is 26.4 Å². The highest BCUT2D eigenvalue weighted by Gasteiger charge is 2.38. The highest BCUT2D eigenvalue weighted by Crippen LogP contribution is 2.56. The van der Waals surface area contributed by atoms with Crippen LogP contribution in [0.2, 0.25) is 0 Å². The van der Waals surface area contributed by atoms with Crippen molar-refractivity contribution >= 4 is 18.4 Å².